The van der Waals surface area contributed by atoms with E-state index in [-0.39, 0.29) is 6.29 Å². The molecule has 1 saturated heterocycles. The van der Waals surface area contributed by atoms with Crippen LogP contribution in [0.2, 0.25) is 0 Å². The molecule has 0 aromatic carbocycles. The third-order valence-electron chi connectivity index (χ3n) is 2.97. The molecule has 3 heterocycles. The summed E-state index contributed by atoms with van der Waals surface area (Å²) in [6.07, 6.45) is 1.62. The number of aryl methyl sites for hydroxylation is 2. The third-order valence-corrected chi connectivity index (χ3v) is 2.97. The molecule has 0 aliphatic carbocycles. The molecule has 1 radical (unpaired) electrons. The Hall–Kier alpha value is -1.66. The van der Waals surface area contributed by atoms with Crippen LogP contribution in [0.4, 0.5) is 0 Å². The number of hydrogen-bond acceptors (Lipinski definition) is 4. The van der Waals surface area contributed by atoms with Gasteiger partial charge in [0, 0.05) is 23.5 Å². The normalized spacial score (nSPS) is 16.6. The van der Waals surface area contributed by atoms with Gasteiger partial charge in [-0.2, -0.15) is 10.2 Å². The minimum absolute atomic E-state index is 0.197. The molecule has 0 bridgehead atoms. The van der Waals surface area contributed by atoms with Crippen LogP contribution in [0.5, 0.6) is 0 Å². The molecule has 1 aliphatic heterocycles. The Morgan fingerprint density at radius 1 is 1.44 bits per heavy atom. The van der Waals surface area contributed by atoms with Crippen molar-refractivity contribution >= 4 is 0 Å². The lowest BCUT2D eigenvalue weighted by Crippen LogP contribution is -2.17. The number of H-pyrrole nitrogens is 1. The van der Waals surface area contributed by atoms with Crippen molar-refractivity contribution in [3.8, 4) is 11.3 Å². The summed E-state index contributed by atoms with van der Waals surface area (Å²) >= 11 is 0. The third kappa shape index (κ3) is 2.04. The van der Waals surface area contributed by atoms with Crippen molar-refractivity contribution in [1.82, 2.24) is 20.0 Å². The van der Waals surface area contributed by atoms with Gasteiger partial charge in [-0.3, -0.25) is 9.78 Å². The van der Waals surface area contributed by atoms with Crippen LogP contribution in [-0.2, 0) is 16.0 Å². The summed E-state index contributed by atoms with van der Waals surface area (Å²) in [6, 6.07) is 3.14. The molecule has 0 amide bonds. The number of aromatic amines is 1. The minimum atomic E-state index is -0.197. The molecule has 6 heteroatoms. The molecule has 6 nitrogen and oxygen atoms in total. The first-order valence-electron chi connectivity index (χ1n) is 5.94. The Morgan fingerprint density at radius 3 is 2.89 bits per heavy atom. The number of hydrogen-bond donors (Lipinski definition) is 1. The van der Waals surface area contributed by atoms with Crippen LogP contribution in [0.25, 0.3) is 11.3 Å². The summed E-state index contributed by atoms with van der Waals surface area (Å²) in [7, 11) is 0. The predicted molar refractivity (Wildman–Crippen MR) is 63.8 cm³/mol. The Balaban J connectivity index is 1.80. The average molecular weight is 247 g/mol. The van der Waals surface area contributed by atoms with E-state index in [9.17, 15) is 0 Å². The van der Waals surface area contributed by atoms with Gasteiger partial charge in [0.15, 0.2) is 6.29 Å². The van der Waals surface area contributed by atoms with Crippen molar-refractivity contribution in [1.29, 1.82) is 0 Å². The molecular weight excluding hydrogens is 232 g/mol. The van der Waals surface area contributed by atoms with Crippen LogP contribution in [0.15, 0.2) is 6.20 Å². The van der Waals surface area contributed by atoms with Gasteiger partial charge in [0.2, 0.25) is 0 Å². The van der Waals surface area contributed by atoms with E-state index in [4.69, 9.17) is 9.47 Å². The topological polar surface area (TPSA) is 65.0 Å². The Bertz CT molecular complexity index is 521. The minimum Gasteiger partial charge on any atom is -0.348 e. The van der Waals surface area contributed by atoms with Gasteiger partial charge in [-0.25, -0.2) is 0 Å². The van der Waals surface area contributed by atoms with E-state index in [1.165, 1.54) is 0 Å². The lowest BCUT2D eigenvalue weighted by molar-refractivity contribution is -0.0545. The van der Waals surface area contributed by atoms with E-state index < -0.39 is 0 Å². The van der Waals surface area contributed by atoms with Crippen molar-refractivity contribution in [3.63, 3.8) is 0 Å². The zero-order valence-electron chi connectivity index (χ0n) is 10.4. The molecule has 1 aliphatic rings. The van der Waals surface area contributed by atoms with Crippen LogP contribution in [0.1, 0.15) is 11.4 Å². The summed E-state index contributed by atoms with van der Waals surface area (Å²) in [6.45, 7) is 5.83. The molecule has 0 atom stereocenters. The lowest BCUT2D eigenvalue weighted by atomic mass is 10.1. The number of rotatable bonds is 3. The van der Waals surface area contributed by atoms with Gasteiger partial charge in [0.05, 0.1) is 25.5 Å². The molecule has 1 N–H and O–H groups in total. The fourth-order valence-electron chi connectivity index (χ4n) is 2.10. The Labute approximate surface area is 105 Å². The second kappa shape index (κ2) is 4.55. The summed E-state index contributed by atoms with van der Waals surface area (Å²) in [5.74, 6) is 0. The fraction of sp³-hybridized carbons (Fsp3) is 0.500. The largest absolute Gasteiger partial charge is 0.348 e. The molecule has 0 unspecified atom stereocenters. The van der Waals surface area contributed by atoms with Crippen LogP contribution < -0.4 is 0 Å². The van der Waals surface area contributed by atoms with E-state index in [1.54, 1.807) is 4.68 Å². The molecule has 2 aromatic heterocycles. The van der Waals surface area contributed by atoms with Crippen molar-refractivity contribution in [3.05, 3.63) is 23.7 Å². The molecule has 1 fully saturated rings. The first kappa shape index (κ1) is 11.4. The highest BCUT2D eigenvalue weighted by molar-refractivity contribution is 5.63. The van der Waals surface area contributed by atoms with Gasteiger partial charge in [-0.15, -0.1) is 0 Å². The van der Waals surface area contributed by atoms with Gasteiger partial charge in [0.25, 0.3) is 0 Å². The van der Waals surface area contributed by atoms with Crippen molar-refractivity contribution in [2.24, 2.45) is 0 Å². The zero-order valence-corrected chi connectivity index (χ0v) is 10.4. The Morgan fingerprint density at radius 2 is 2.22 bits per heavy atom. The van der Waals surface area contributed by atoms with Crippen LogP contribution in [0.3, 0.4) is 0 Å². The van der Waals surface area contributed by atoms with Crippen LogP contribution in [0, 0.1) is 19.9 Å². The summed E-state index contributed by atoms with van der Waals surface area (Å²) in [5.41, 5.74) is 3.75. The van der Waals surface area contributed by atoms with E-state index in [1.807, 2.05) is 20.0 Å². The monoisotopic (exact) mass is 247 g/mol. The fourth-order valence-corrected chi connectivity index (χ4v) is 2.10. The smallest absolute Gasteiger partial charge is 0.177 e. The summed E-state index contributed by atoms with van der Waals surface area (Å²) in [4.78, 5) is 0. The van der Waals surface area contributed by atoms with E-state index in [0.29, 0.717) is 19.8 Å². The number of nitrogens with one attached hydrogen (secondary N) is 1. The maximum Gasteiger partial charge on any atom is 0.177 e. The molecule has 0 saturated carbocycles. The van der Waals surface area contributed by atoms with E-state index >= 15 is 0 Å². The zero-order chi connectivity index (χ0) is 12.5. The summed E-state index contributed by atoms with van der Waals surface area (Å²) < 4.78 is 12.6. The van der Waals surface area contributed by atoms with E-state index in [0.717, 1.165) is 22.6 Å². The summed E-state index contributed by atoms with van der Waals surface area (Å²) in [5, 5.41) is 11.6. The van der Waals surface area contributed by atoms with Crippen LogP contribution >= 0.6 is 0 Å². The predicted octanol–water partition coefficient (Wildman–Crippen LogP) is 1.06. The number of nitrogens with zero attached hydrogens (tertiary/aromatic N) is 3. The molecule has 18 heavy (non-hydrogen) atoms. The number of aromatic nitrogens is 4. The quantitative estimate of drug-likeness (QED) is 0.881. The highest BCUT2D eigenvalue weighted by Crippen LogP contribution is 2.22. The Kier molecular flexibility index (Phi) is 2.89. The first-order valence-corrected chi connectivity index (χ1v) is 5.94. The second-order valence-corrected chi connectivity index (χ2v) is 4.32. The standard InChI is InChI=1S/C12H15N4O2/c1-8-12(9(2)14-13-8)10-3-4-16(15-10)7-11-17-5-6-18-11/h4,11H,5-7H2,1-2H3,(H,13,14). The molecule has 2 aromatic rings. The van der Waals surface area contributed by atoms with Crippen molar-refractivity contribution < 1.29 is 9.47 Å². The van der Waals surface area contributed by atoms with Gasteiger partial charge in [-0.05, 0) is 13.8 Å². The van der Waals surface area contributed by atoms with Gasteiger partial charge in [-0.1, -0.05) is 0 Å². The maximum atomic E-state index is 5.39. The van der Waals surface area contributed by atoms with Gasteiger partial charge in [0.1, 0.15) is 5.69 Å². The van der Waals surface area contributed by atoms with Crippen LogP contribution in [-0.4, -0.2) is 39.5 Å². The highest BCUT2D eigenvalue weighted by Gasteiger charge is 2.18. The first-order chi connectivity index (χ1) is 8.74. The molecule has 0 spiro atoms. The average Bonchev–Trinajstić information content (AvgIpc) is 3.04. The SMILES string of the molecule is Cc1n[nH]c(C)c1-c1[c]cn(CC2OCCO2)n1. The number of ether oxygens (including phenoxy) is 2. The van der Waals surface area contributed by atoms with Crippen molar-refractivity contribution in [2.45, 2.75) is 26.7 Å². The second-order valence-electron chi connectivity index (χ2n) is 4.32. The molecule has 3 rings (SSSR count). The molecule has 95 valence electrons. The lowest BCUT2D eigenvalue weighted by Gasteiger charge is -2.08. The van der Waals surface area contributed by atoms with E-state index in [2.05, 4.69) is 21.4 Å². The molecular formula is C12H15N4O2. The van der Waals surface area contributed by atoms with Gasteiger partial charge >= 0.3 is 0 Å². The maximum absolute atomic E-state index is 5.39. The van der Waals surface area contributed by atoms with Crippen molar-refractivity contribution in [2.75, 3.05) is 13.2 Å². The highest BCUT2D eigenvalue weighted by atomic mass is 16.7. The van der Waals surface area contributed by atoms with Gasteiger partial charge < -0.3 is 9.47 Å².